The summed E-state index contributed by atoms with van der Waals surface area (Å²) < 4.78 is 43.7. The maximum atomic E-state index is 15.0. The molecule has 326 valence electrons. The summed E-state index contributed by atoms with van der Waals surface area (Å²) in [6.45, 7) is 4.50. The molecule has 0 saturated carbocycles. The minimum Gasteiger partial charge on any atom is -0.461 e. The normalized spacial score (nSPS) is 12.5. The lowest BCUT2D eigenvalue weighted by Crippen LogP contribution is -2.36. The van der Waals surface area contributed by atoms with Crippen LogP contribution in [0.4, 0.5) is 0 Å². The van der Waals surface area contributed by atoms with Crippen molar-refractivity contribution in [3.8, 4) is 28.3 Å². The predicted molar refractivity (Wildman–Crippen MR) is 251 cm³/mol. The Morgan fingerprint density at radius 2 is 1.61 bits per heavy atom. The summed E-state index contributed by atoms with van der Waals surface area (Å²) in [6.07, 6.45) is 2.57. The molecule has 15 heteroatoms. The maximum absolute atomic E-state index is 15.0. The van der Waals surface area contributed by atoms with Crippen molar-refractivity contribution in [2.75, 3.05) is 13.2 Å². The first-order valence-electron chi connectivity index (χ1n) is 20.6. The van der Waals surface area contributed by atoms with Crippen molar-refractivity contribution in [3.05, 3.63) is 169 Å². The molecule has 0 unspecified atom stereocenters. The average Bonchev–Trinajstić information content (AvgIpc) is 3.68. The number of ether oxygens (including phenoxy) is 2. The van der Waals surface area contributed by atoms with E-state index in [9.17, 15) is 22.8 Å². The molecule has 6 aromatic carbocycles. The summed E-state index contributed by atoms with van der Waals surface area (Å²) in [5.74, 6) is -0.959. The Labute approximate surface area is 389 Å². The molecule has 2 heterocycles. The molecule has 0 fully saturated rings. The molecular weight excluding hydrogens is 939 g/mol. The van der Waals surface area contributed by atoms with Crippen molar-refractivity contribution in [2.24, 2.45) is 0 Å². The standard InChI is InChI=1S/C49H41BrCl2N4O7S/c1-3-5-13-44-45(46(49(59)62-4-2)53-56(44)34-15-17-35(18-16-34)63-36-12-8-11-33(51)27-36)39-20-14-31(26-41(39)48(58)55-25-24-30-9-6-7-10-32(30)29-55)47(57)54-64(60,61)37-19-21-38-40(28-37)42(50)22-23-43(38)52/h6-12,14-23,26-28H,3-5,13,24-25,29H2,1-2H3,(H,54,57). The summed E-state index contributed by atoms with van der Waals surface area (Å²) >= 11 is 16.0. The van der Waals surface area contributed by atoms with Gasteiger partial charge in [0.05, 0.1) is 22.9 Å². The van der Waals surface area contributed by atoms with Crippen molar-refractivity contribution < 1.29 is 32.3 Å². The zero-order valence-corrected chi connectivity index (χ0v) is 38.7. The summed E-state index contributed by atoms with van der Waals surface area (Å²) in [6, 6.07) is 34.3. The van der Waals surface area contributed by atoms with Crippen LogP contribution in [0.3, 0.4) is 0 Å². The fourth-order valence-corrected chi connectivity index (χ4v) is 9.64. The first-order valence-corrected chi connectivity index (χ1v) is 23.7. The number of hydrogen-bond acceptors (Lipinski definition) is 8. The minimum absolute atomic E-state index is 0.0207. The van der Waals surface area contributed by atoms with E-state index >= 15 is 0 Å². The number of nitrogens with one attached hydrogen (secondary N) is 1. The molecule has 64 heavy (non-hydrogen) atoms. The van der Waals surface area contributed by atoms with Crippen LogP contribution in [-0.2, 0) is 34.1 Å². The predicted octanol–water partition coefficient (Wildman–Crippen LogP) is 11.4. The number of unbranched alkanes of at least 4 members (excludes halogenated alkanes) is 1. The third-order valence-electron chi connectivity index (χ3n) is 10.9. The fraction of sp³-hybridized carbons (Fsp3) is 0.184. The van der Waals surface area contributed by atoms with Crippen LogP contribution < -0.4 is 9.46 Å². The van der Waals surface area contributed by atoms with E-state index in [4.69, 9.17) is 37.8 Å². The molecule has 0 saturated heterocycles. The van der Waals surface area contributed by atoms with Crippen molar-refractivity contribution in [2.45, 2.75) is 51.0 Å². The van der Waals surface area contributed by atoms with Crippen LogP contribution in [0.1, 0.15) is 74.7 Å². The molecule has 0 atom stereocenters. The van der Waals surface area contributed by atoms with Crippen molar-refractivity contribution in [1.82, 2.24) is 19.4 Å². The molecule has 11 nitrogen and oxygen atoms in total. The second-order valence-corrected chi connectivity index (χ2v) is 18.5. The van der Waals surface area contributed by atoms with E-state index in [2.05, 4.69) is 20.7 Å². The molecular formula is C49H41BrCl2N4O7S. The van der Waals surface area contributed by atoms with Gasteiger partial charge in [0.25, 0.3) is 21.8 Å². The third-order valence-corrected chi connectivity index (χ3v) is 13.5. The Hall–Kier alpha value is -5.99. The molecule has 8 rings (SSSR count). The van der Waals surface area contributed by atoms with Crippen LogP contribution in [0.5, 0.6) is 11.5 Å². The van der Waals surface area contributed by atoms with E-state index in [0.717, 1.165) is 17.5 Å². The van der Waals surface area contributed by atoms with E-state index in [1.54, 1.807) is 77.2 Å². The van der Waals surface area contributed by atoms with Gasteiger partial charge < -0.3 is 14.4 Å². The third kappa shape index (κ3) is 9.30. The highest BCUT2D eigenvalue weighted by molar-refractivity contribution is 9.10. The Bertz CT molecular complexity index is 3070. The number of amides is 2. The number of esters is 1. The molecule has 2 amide bonds. The molecule has 1 aliphatic heterocycles. The van der Waals surface area contributed by atoms with E-state index in [0.29, 0.717) is 91.6 Å². The molecule has 1 aliphatic rings. The number of carbonyl (C=O) groups is 3. The van der Waals surface area contributed by atoms with Gasteiger partial charge in [0.2, 0.25) is 0 Å². The maximum Gasteiger partial charge on any atom is 0.359 e. The van der Waals surface area contributed by atoms with Gasteiger partial charge >= 0.3 is 5.97 Å². The summed E-state index contributed by atoms with van der Waals surface area (Å²) in [5.41, 5.74) is 4.04. The monoisotopic (exact) mass is 978 g/mol. The quantitative estimate of drug-likeness (QED) is 0.113. The highest BCUT2D eigenvalue weighted by Gasteiger charge is 2.32. The number of benzene rings is 6. The molecule has 0 spiro atoms. The topological polar surface area (TPSA) is 137 Å². The summed E-state index contributed by atoms with van der Waals surface area (Å²) in [5, 5.41) is 7.00. The Morgan fingerprint density at radius 1 is 0.828 bits per heavy atom. The lowest BCUT2D eigenvalue weighted by molar-refractivity contribution is 0.0519. The SMILES string of the molecule is CCCCc1c(-c2ccc(C(=O)NS(=O)(=O)c3ccc4c(Cl)ccc(Br)c4c3)cc2C(=O)N2CCc3ccccc3C2)c(C(=O)OCC)nn1-c1ccc(Oc2cccc(Cl)c2)cc1. The molecule has 1 aromatic heterocycles. The molecule has 0 bridgehead atoms. The van der Waals surface area contributed by atoms with Gasteiger partial charge in [-0.05, 0) is 127 Å². The average molecular weight is 981 g/mol. The van der Waals surface area contributed by atoms with Gasteiger partial charge in [-0.25, -0.2) is 22.6 Å². The summed E-state index contributed by atoms with van der Waals surface area (Å²) in [4.78, 5) is 44.5. The highest BCUT2D eigenvalue weighted by atomic mass is 79.9. The minimum atomic E-state index is -4.42. The Balaban J connectivity index is 1.24. The van der Waals surface area contributed by atoms with Crippen LogP contribution in [0, 0.1) is 0 Å². The first kappa shape index (κ1) is 44.6. The highest BCUT2D eigenvalue weighted by Crippen LogP contribution is 2.37. The van der Waals surface area contributed by atoms with Crippen LogP contribution in [0.2, 0.25) is 10.0 Å². The molecule has 0 aliphatic carbocycles. The van der Waals surface area contributed by atoms with E-state index in [1.807, 2.05) is 43.3 Å². The number of rotatable bonds is 13. The van der Waals surface area contributed by atoms with Gasteiger partial charge in [0.15, 0.2) is 5.69 Å². The van der Waals surface area contributed by atoms with E-state index < -0.39 is 27.8 Å². The number of halogens is 3. The van der Waals surface area contributed by atoms with Gasteiger partial charge in [-0.2, -0.15) is 5.10 Å². The number of sulfonamides is 1. The first-order chi connectivity index (χ1) is 30.8. The lowest BCUT2D eigenvalue weighted by atomic mass is 9.92. The van der Waals surface area contributed by atoms with Gasteiger partial charge in [0.1, 0.15) is 11.5 Å². The largest absolute Gasteiger partial charge is 0.461 e. The van der Waals surface area contributed by atoms with Gasteiger partial charge in [0, 0.05) is 49.7 Å². The number of carbonyl (C=O) groups excluding carboxylic acids is 3. The van der Waals surface area contributed by atoms with E-state index in [-0.39, 0.29) is 28.3 Å². The second-order valence-electron chi connectivity index (χ2n) is 15.1. The van der Waals surface area contributed by atoms with E-state index in [1.165, 1.54) is 24.3 Å². The Kier molecular flexibility index (Phi) is 13.2. The number of nitrogens with zero attached hydrogens (tertiary/aromatic N) is 3. The number of aromatic nitrogens is 2. The molecule has 7 aromatic rings. The van der Waals surface area contributed by atoms with Crippen LogP contribution in [0.25, 0.3) is 27.6 Å². The Morgan fingerprint density at radius 3 is 2.36 bits per heavy atom. The van der Waals surface area contributed by atoms with Crippen LogP contribution >= 0.6 is 39.1 Å². The number of hydrogen-bond donors (Lipinski definition) is 1. The van der Waals surface area contributed by atoms with Crippen molar-refractivity contribution in [3.63, 3.8) is 0 Å². The zero-order chi connectivity index (χ0) is 45.1. The van der Waals surface area contributed by atoms with Crippen molar-refractivity contribution >= 4 is 77.7 Å². The van der Waals surface area contributed by atoms with Gasteiger partial charge in [-0.15, -0.1) is 0 Å². The van der Waals surface area contributed by atoms with Gasteiger partial charge in [-0.3, -0.25) is 9.59 Å². The molecule has 1 N–H and O–H groups in total. The number of fused-ring (bicyclic) bond motifs is 2. The van der Waals surface area contributed by atoms with Gasteiger partial charge in [-0.1, -0.05) is 94.9 Å². The smallest absolute Gasteiger partial charge is 0.359 e. The summed E-state index contributed by atoms with van der Waals surface area (Å²) in [7, 11) is -4.42. The molecule has 0 radical (unpaired) electrons. The van der Waals surface area contributed by atoms with Crippen LogP contribution in [-0.4, -0.2) is 54.0 Å². The van der Waals surface area contributed by atoms with Crippen molar-refractivity contribution in [1.29, 1.82) is 0 Å². The second kappa shape index (κ2) is 19.0. The lowest BCUT2D eigenvalue weighted by Gasteiger charge is -2.29. The zero-order valence-electron chi connectivity index (χ0n) is 34.7. The van der Waals surface area contributed by atoms with Crippen LogP contribution in [0.15, 0.2) is 131 Å². The fourth-order valence-electron chi connectivity index (χ4n) is 7.77.